The smallest absolute Gasteiger partial charge is 0.303 e. The number of rotatable bonds is 4. The van der Waals surface area contributed by atoms with Crippen LogP contribution in [0, 0.1) is 11.7 Å². The largest absolute Gasteiger partial charge is 0.481 e. The van der Waals surface area contributed by atoms with E-state index in [9.17, 15) is 14.0 Å². The first-order valence-corrected chi connectivity index (χ1v) is 7.23. The Kier molecular flexibility index (Phi) is 4.75. The zero-order chi connectivity index (χ0) is 14.7. The molecule has 0 aliphatic carbocycles. The topological polar surface area (TPSA) is 57.6 Å². The molecule has 0 bridgehead atoms. The van der Waals surface area contributed by atoms with Crippen molar-refractivity contribution < 1.29 is 19.1 Å². The predicted molar refractivity (Wildman–Crippen MR) is 75.0 cm³/mol. The first-order chi connectivity index (χ1) is 9.47. The number of nitrogens with zero attached hydrogens (tertiary/aromatic N) is 1. The number of carboxylic acids is 1. The summed E-state index contributed by atoms with van der Waals surface area (Å²) in [6.07, 6.45) is 1.54. The van der Waals surface area contributed by atoms with E-state index in [1.54, 1.807) is 4.90 Å². The van der Waals surface area contributed by atoms with Crippen molar-refractivity contribution in [1.82, 2.24) is 4.90 Å². The average Bonchev–Trinajstić information content (AvgIpc) is 2.87. The molecule has 4 nitrogen and oxygen atoms in total. The van der Waals surface area contributed by atoms with Gasteiger partial charge in [-0.2, -0.15) is 0 Å². The summed E-state index contributed by atoms with van der Waals surface area (Å²) in [7, 11) is 0. The molecule has 1 amide bonds. The Labute approximate surface area is 124 Å². The zero-order valence-electron chi connectivity index (χ0n) is 10.8. The van der Waals surface area contributed by atoms with Gasteiger partial charge in [-0.1, -0.05) is 0 Å². The number of carboxylic acid groups (broad SMARTS) is 1. The number of likely N-dealkylation sites (tertiary alicyclic amines) is 1. The van der Waals surface area contributed by atoms with Gasteiger partial charge in [-0.05, 0) is 52.9 Å². The van der Waals surface area contributed by atoms with Crippen LogP contribution in [0.1, 0.15) is 29.6 Å². The summed E-state index contributed by atoms with van der Waals surface area (Å²) in [5, 5.41) is 8.66. The Morgan fingerprint density at radius 2 is 2.20 bits per heavy atom. The minimum absolute atomic E-state index is 0.134. The number of benzene rings is 1. The van der Waals surface area contributed by atoms with Crippen LogP contribution >= 0.6 is 15.9 Å². The van der Waals surface area contributed by atoms with Crippen molar-refractivity contribution >= 4 is 27.8 Å². The monoisotopic (exact) mass is 343 g/mol. The van der Waals surface area contributed by atoms with Crippen molar-refractivity contribution in [3.63, 3.8) is 0 Å². The molecule has 1 aliphatic heterocycles. The summed E-state index contributed by atoms with van der Waals surface area (Å²) in [4.78, 5) is 24.5. The van der Waals surface area contributed by atoms with Crippen molar-refractivity contribution in [3.8, 4) is 0 Å². The van der Waals surface area contributed by atoms with Crippen LogP contribution in [0.15, 0.2) is 22.7 Å². The van der Waals surface area contributed by atoms with Gasteiger partial charge in [-0.25, -0.2) is 4.39 Å². The minimum atomic E-state index is -0.808. The van der Waals surface area contributed by atoms with E-state index in [0.717, 1.165) is 6.42 Å². The quantitative estimate of drug-likeness (QED) is 0.914. The summed E-state index contributed by atoms with van der Waals surface area (Å²) in [5.74, 6) is -1.11. The third-order valence-corrected chi connectivity index (χ3v) is 4.11. The second-order valence-corrected chi connectivity index (χ2v) is 5.82. The molecule has 0 spiro atoms. The molecule has 1 aromatic carbocycles. The first kappa shape index (κ1) is 15.0. The molecule has 0 aromatic heterocycles. The van der Waals surface area contributed by atoms with Gasteiger partial charge in [0.05, 0.1) is 4.47 Å². The molecule has 1 atom stereocenters. The van der Waals surface area contributed by atoms with Crippen molar-refractivity contribution in [2.45, 2.75) is 19.3 Å². The molecule has 1 saturated heterocycles. The number of amides is 1. The lowest BCUT2D eigenvalue weighted by molar-refractivity contribution is -0.137. The van der Waals surface area contributed by atoms with Gasteiger partial charge < -0.3 is 10.0 Å². The normalized spacial score (nSPS) is 18.3. The summed E-state index contributed by atoms with van der Waals surface area (Å²) < 4.78 is 13.4. The van der Waals surface area contributed by atoms with Gasteiger partial charge in [0, 0.05) is 25.1 Å². The second kappa shape index (κ2) is 6.35. The predicted octanol–water partition coefficient (Wildman–Crippen LogP) is 2.92. The Bertz CT molecular complexity index is 535. The summed E-state index contributed by atoms with van der Waals surface area (Å²) >= 11 is 3.06. The standard InChI is InChI=1S/C14H15BrFNO3/c15-11-7-10(2-3-12(11)16)14(20)17-6-5-9(8-17)1-4-13(18)19/h2-3,7,9H,1,4-6,8H2,(H,18,19). The average molecular weight is 344 g/mol. The van der Waals surface area contributed by atoms with Gasteiger partial charge in [0.15, 0.2) is 0 Å². The van der Waals surface area contributed by atoms with Crippen molar-refractivity contribution in [3.05, 3.63) is 34.1 Å². The lowest BCUT2D eigenvalue weighted by atomic mass is 10.0. The molecule has 1 fully saturated rings. The van der Waals surface area contributed by atoms with E-state index in [2.05, 4.69) is 15.9 Å². The third kappa shape index (κ3) is 3.56. The van der Waals surface area contributed by atoms with E-state index in [-0.39, 0.29) is 22.7 Å². The molecule has 1 aromatic rings. The number of hydrogen-bond donors (Lipinski definition) is 1. The molecule has 2 rings (SSSR count). The fourth-order valence-electron chi connectivity index (χ4n) is 2.39. The van der Waals surface area contributed by atoms with Crippen LogP contribution in [0.25, 0.3) is 0 Å². The summed E-state index contributed by atoms with van der Waals surface area (Å²) in [6, 6.07) is 4.20. The molecule has 1 aliphatic rings. The maximum Gasteiger partial charge on any atom is 0.303 e. The fourth-order valence-corrected chi connectivity index (χ4v) is 2.77. The molecular weight excluding hydrogens is 329 g/mol. The Morgan fingerprint density at radius 3 is 2.85 bits per heavy atom. The fraction of sp³-hybridized carbons (Fsp3) is 0.429. The number of hydrogen-bond acceptors (Lipinski definition) is 2. The maximum atomic E-state index is 13.2. The van der Waals surface area contributed by atoms with Crippen molar-refractivity contribution in [2.75, 3.05) is 13.1 Å². The van der Waals surface area contributed by atoms with Crippen molar-refractivity contribution in [2.24, 2.45) is 5.92 Å². The molecule has 0 saturated carbocycles. The van der Waals surface area contributed by atoms with Gasteiger partial charge in [0.1, 0.15) is 5.82 Å². The van der Waals surface area contributed by atoms with E-state index in [4.69, 9.17) is 5.11 Å². The lowest BCUT2D eigenvalue weighted by Crippen LogP contribution is -2.28. The molecule has 0 radical (unpaired) electrons. The van der Waals surface area contributed by atoms with Crippen LogP contribution in [-0.2, 0) is 4.79 Å². The molecule has 108 valence electrons. The van der Waals surface area contributed by atoms with Crippen LogP contribution in [0.3, 0.4) is 0 Å². The summed E-state index contributed by atoms with van der Waals surface area (Å²) in [5.41, 5.74) is 0.442. The molecule has 20 heavy (non-hydrogen) atoms. The van der Waals surface area contributed by atoms with Gasteiger partial charge in [-0.3, -0.25) is 9.59 Å². The highest BCUT2D eigenvalue weighted by Gasteiger charge is 2.27. The van der Waals surface area contributed by atoms with Gasteiger partial charge in [0.2, 0.25) is 0 Å². The SMILES string of the molecule is O=C(O)CCC1CCN(C(=O)c2ccc(F)c(Br)c2)C1. The molecule has 1 N–H and O–H groups in total. The van der Waals surface area contributed by atoms with Crippen LogP contribution in [0.2, 0.25) is 0 Å². The highest BCUT2D eigenvalue weighted by atomic mass is 79.9. The Balaban J connectivity index is 1.97. The molecular formula is C14H15BrFNO3. The van der Waals surface area contributed by atoms with Crippen LogP contribution < -0.4 is 0 Å². The Morgan fingerprint density at radius 1 is 1.45 bits per heavy atom. The van der Waals surface area contributed by atoms with Crippen molar-refractivity contribution in [1.29, 1.82) is 0 Å². The lowest BCUT2D eigenvalue weighted by Gasteiger charge is -2.16. The third-order valence-electron chi connectivity index (χ3n) is 3.51. The second-order valence-electron chi connectivity index (χ2n) is 4.97. The molecule has 1 heterocycles. The van der Waals surface area contributed by atoms with E-state index >= 15 is 0 Å². The van der Waals surface area contributed by atoms with Gasteiger partial charge in [0.25, 0.3) is 5.91 Å². The first-order valence-electron chi connectivity index (χ1n) is 6.43. The number of aliphatic carboxylic acids is 1. The van der Waals surface area contributed by atoms with Gasteiger partial charge >= 0.3 is 5.97 Å². The van der Waals surface area contributed by atoms with E-state index < -0.39 is 11.8 Å². The van der Waals surface area contributed by atoms with Gasteiger partial charge in [-0.15, -0.1) is 0 Å². The number of carbonyl (C=O) groups is 2. The van der Waals surface area contributed by atoms with E-state index in [1.165, 1.54) is 18.2 Å². The number of carbonyl (C=O) groups excluding carboxylic acids is 1. The van der Waals surface area contributed by atoms with Crippen LogP contribution in [-0.4, -0.2) is 35.0 Å². The zero-order valence-corrected chi connectivity index (χ0v) is 12.4. The Hall–Kier alpha value is -1.43. The highest BCUT2D eigenvalue weighted by molar-refractivity contribution is 9.10. The molecule has 6 heteroatoms. The van der Waals surface area contributed by atoms with Crippen LogP contribution in [0.4, 0.5) is 4.39 Å². The maximum absolute atomic E-state index is 13.2. The minimum Gasteiger partial charge on any atom is -0.481 e. The number of halogens is 2. The highest BCUT2D eigenvalue weighted by Crippen LogP contribution is 2.24. The van der Waals surface area contributed by atoms with E-state index in [0.29, 0.717) is 25.1 Å². The van der Waals surface area contributed by atoms with Crippen LogP contribution in [0.5, 0.6) is 0 Å². The summed E-state index contributed by atoms with van der Waals surface area (Å²) in [6.45, 7) is 1.19. The van der Waals surface area contributed by atoms with E-state index in [1.807, 2.05) is 0 Å². The molecule has 1 unspecified atom stereocenters.